The summed E-state index contributed by atoms with van der Waals surface area (Å²) in [6.07, 6.45) is 9.72. The zero-order valence-electron chi connectivity index (χ0n) is 21.5. The van der Waals surface area contributed by atoms with Gasteiger partial charge in [0.05, 0.1) is 17.3 Å². The summed E-state index contributed by atoms with van der Waals surface area (Å²) in [5.41, 5.74) is 2.97. The molecule has 2 aliphatic carbocycles. The second kappa shape index (κ2) is 8.90. The number of aromatic nitrogens is 2. The van der Waals surface area contributed by atoms with Crippen molar-refractivity contribution in [3.8, 4) is 0 Å². The van der Waals surface area contributed by atoms with Gasteiger partial charge in [0, 0.05) is 29.8 Å². The third-order valence-electron chi connectivity index (χ3n) is 8.52. The first-order valence-corrected chi connectivity index (χ1v) is 13.4. The molecule has 4 aliphatic rings. The molecule has 37 heavy (non-hydrogen) atoms. The van der Waals surface area contributed by atoms with Crippen LogP contribution in [-0.4, -0.2) is 55.9 Å². The normalized spacial score (nSPS) is 25.7. The van der Waals surface area contributed by atoms with E-state index in [-0.39, 0.29) is 24.3 Å². The molecule has 2 aliphatic heterocycles. The Labute approximate surface area is 216 Å². The molecule has 6 rings (SSSR count). The minimum Gasteiger partial charge on any atom is -0.373 e. The van der Waals surface area contributed by atoms with Gasteiger partial charge in [-0.05, 0) is 49.8 Å². The number of hydrogen-bond donors (Lipinski definition) is 3. The number of rotatable bonds is 4. The molecule has 9 heteroatoms. The molecule has 0 saturated heterocycles. The van der Waals surface area contributed by atoms with Crippen LogP contribution in [0.25, 0.3) is 0 Å². The maximum atomic E-state index is 13.3. The van der Waals surface area contributed by atoms with E-state index < -0.39 is 17.3 Å². The summed E-state index contributed by atoms with van der Waals surface area (Å²) in [5.74, 6) is 0.372. The van der Waals surface area contributed by atoms with Crippen molar-refractivity contribution in [2.24, 2.45) is 10.9 Å². The first kappa shape index (κ1) is 24.0. The van der Waals surface area contributed by atoms with Crippen LogP contribution in [0, 0.1) is 5.92 Å². The van der Waals surface area contributed by atoms with Gasteiger partial charge in [-0.25, -0.2) is 4.98 Å². The quantitative estimate of drug-likeness (QED) is 0.591. The van der Waals surface area contributed by atoms with Crippen molar-refractivity contribution in [3.05, 3.63) is 47.4 Å². The van der Waals surface area contributed by atoms with E-state index in [1.807, 2.05) is 32.0 Å². The number of carbonyl (C=O) groups is 2. The average molecular weight is 503 g/mol. The maximum Gasteiger partial charge on any atom is 0.270 e. The Hall–Kier alpha value is -3.33. The summed E-state index contributed by atoms with van der Waals surface area (Å²) in [7, 11) is 0. The minimum absolute atomic E-state index is 0.0229. The van der Waals surface area contributed by atoms with E-state index in [0.717, 1.165) is 55.3 Å². The van der Waals surface area contributed by atoms with Gasteiger partial charge in [0.25, 0.3) is 5.91 Å². The topological polar surface area (TPSA) is 120 Å². The first-order valence-electron chi connectivity index (χ1n) is 13.4. The standard InChI is InChI=1S/C28H34N6O3/c1-17(2)23-25(36)34(28(33-23)9-5-3-4-6-10-28)16-22(35)31-19-12-18-13-27(14-21(18)30-15-19)20-8-7-11-29-24(20)32-26(27)37/h7-8,11-12,15,17,26,37H,3-6,9-10,13-14,16H2,1-2H3,(H,29,32)(H,31,35)/t26?,27-/m1/s1. The van der Waals surface area contributed by atoms with E-state index in [2.05, 4.69) is 20.6 Å². The molecule has 2 atom stereocenters. The van der Waals surface area contributed by atoms with Crippen LogP contribution in [0.2, 0.25) is 0 Å². The molecular formula is C28H34N6O3. The summed E-state index contributed by atoms with van der Waals surface area (Å²) < 4.78 is 0. The van der Waals surface area contributed by atoms with Gasteiger partial charge in [0.15, 0.2) is 0 Å². The lowest BCUT2D eigenvalue weighted by atomic mass is 9.79. The highest BCUT2D eigenvalue weighted by atomic mass is 16.3. The molecule has 1 fully saturated rings. The predicted octanol–water partition coefficient (Wildman–Crippen LogP) is 3.19. The van der Waals surface area contributed by atoms with E-state index in [4.69, 9.17) is 4.99 Å². The van der Waals surface area contributed by atoms with Crippen molar-refractivity contribution in [2.45, 2.75) is 82.5 Å². The molecule has 2 aromatic rings. The van der Waals surface area contributed by atoms with Gasteiger partial charge in [-0.15, -0.1) is 0 Å². The number of fused-ring (bicyclic) bond motifs is 3. The van der Waals surface area contributed by atoms with Crippen LogP contribution >= 0.6 is 0 Å². The summed E-state index contributed by atoms with van der Waals surface area (Å²) in [6.45, 7) is 3.94. The number of anilines is 2. The van der Waals surface area contributed by atoms with E-state index >= 15 is 0 Å². The third kappa shape index (κ3) is 3.91. The fraction of sp³-hybridized carbons (Fsp3) is 0.536. The lowest BCUT2D eigenvalue weighted by Gasteiger charge is -2.35. The molecule has 9 nitrogen and oxygen atoms in total. The molecule has 194 valence electrons. The highest BCUT2D eigenvalue weighted by molar-refractivity contribution is 6.41. The van der Waals surface area contributed by atoms with Crippen molar-refractivity contribution in [1.29, 1.82) is 0 Å². The number of amides is 2. The molecule has 0 bridgehead atoms. The summed E-state index contributed by atoms with van der Waals surface area (Å²) in [6, 6.07) is 5.83. The van der Waals surface area contributed by atoms with Crippen LogP contribution in [0.4, 0.5) is 11.5 Å². The van der Waals surface area contributed by atoms with Crippen LogP contribution < -0.4 is 10.6 Å². The molecule has 1 unspecified atom stereocenters. The van der Waals surface area contributed by atoms with E-state index in [1.165, 1.54) is 0 Å². The van der Waals surface area contributed by atoms with E-state index in [9.17, 15) is 14.7 Å². The zero-order chi connectivity index (χ0) is 25.8. The molecule has 2 amide bonds. The Morgan fingerprint density at radius 3 is 2.76 bits per heavy atom. The van der Waals surface area contributed by atoms with Gasteiger partial charge in [-0.3, -0.25) is 19.6 Å². The highest BCUT2D eigenvalue weighted by Crippen LogP contribution is 2.48. The average Bonchev–Trinajstić information content (AvgIpc) is 3.38. The molecule has 0 aromatic carbocycles. The smallest absolute Gasteiger partial charge is 0.270 e. The maximum absolute atomic E-state index is 13.3. The molecule has 1 saturated carbocycles. The minimum atomic E-state index is -0.753. The fourth-order valence-corrected chi connectivity index (χ4v) is 6.62. The van der Waals surface area contributed by atoms with E-state index in [1.54, 1.807) is 17.3 Å². The molecule has 3 N–H and O–H groups in total. The van der Waals surface area contributed by atoms with Crippen molar-refractivity contribution in [3.63, 3.8) is 0 Å². The van der Waals surface area contributed by atoms with Gasteiger partial charge in [0.1, 0.15) is 30.0 Å². The predicted molar refractivity (Wildman–Crippen MR) is 140 cm³/mol. The molecule has 4 heterocycles. The summed E-state index contributed by atoms with van der Waals surface area (Å²) >= 11 is 0. The largest absolute Gasteiger partial charge is 0.373 e. The lowest BCUT2D eigenvalue weighted by molar-refractivity contribution is -0.133. The number of nitrogens with one attached hydrogen (secondary N) is 2. The van der Waals surface area contributed by atoms with Crippen LogP contribution in [0.15, 0.2) is 35.6 Å². The first-order chi connectivity index (χ1) is 17.8. The molecule has 2 aromatic heterocycles. The zero-order valence-corrected chi connectivity index (χ0v) is 21.5. The van der Waals surface area contributed by atoms with Crippen LogP contribution in [0.5, 0.6) is 0 Å². The van der Waals surface area contributed by atoms with Gasteiger partial charge >= 0.3 is 0 Å². The Morgan fingerprint density at radius 2 is 2.00 bits per heavy atom. The van der Waals surface area contributed by atoms with Gasteiger partial charge in [-0.2, -0.15) is 0 Å². The SMILES string of the molecule is CC(C)C1=NC2(CCCCCC2)N(CC(=O)Nc2cnc3c(c2)C[C@@]2(C3)c3cccnc3NC2O)C1=O. The Bertz CT molecular complexity index is 1280. The Morgan fingerprint density at radius 1 is 1.22 bits per heavy atom. The third-order valence-corrected chi connectivity index (χ3v) is 8.52. The number of pyridine rings is 2. The number of aliphatic hydroxyl groups excluding tert-OH is 1. The van der Waals surface area contributed by atoms with Gasteiger partial charge in [-0.1, -0.05) is 32.8 Å². The van der Waals surface area contributed by atoms with Crippen molar-refractivity contribution >= 4 is 29.0 Å². The second-order valence-electron chi connectivity index (χ2n) is 11.3. The number of nitrogens with zero attached hydrogens (tertiary/aromatic N) is 4. The number of carbonyl (C=O) groups excluding carboxylic acids is 2. The summed E-state index contributed by atoms with van der Waals surface area (Å²) in [5, 5.41) is 16.9. The van der Waals surface area contributed by atoms with Crippen molar-refractivity contribution in [1.82, 2.24) is 14.9 Å². The lowest BCUT2D eigenvalue weighted by Crippen LogP contribution is -2.50. The number of aliphatic hydroxyl groups is 1. The number of hydrogen-bond acceptors (Lipinski definition) is 7. The highest BCUT2D eigenvalue weighted by Gasteiger charge is 2.51. The van der Waals surface area contributed by atoms with E-state index in [0.29, 0.717) is 30.1 Å². The van der Waals surface area contributed by atoms with Crippen LogP contribution in [0.3, 0.4) is 0 Å². The monoisotopic (exact) mass is 502 g/mol. The molecule has 2 spiro atoms. The molecular weight excluding hydrogens is 468 g/mol. The Kier molecular flexibility index (Phi) is 5.78. The van der Waals surface area contributed by atoms with Crippen LogP contribution in [-0.2, 0) is 27.8 Å². The second-order valence-corrected chi connectivity index (χ2v) is 11.3. The summed E-state index contributed by atoms with van der Waals surface area (Å²) in [4.78, 5) is 42.2. The Balaban J connectivity index is 1.19. The van der Waals surface area contributed by atoms with Crippen molar-refractivity contribution < 1.29 is 14.7 Å². The molecule has 0 radical (unpaired) electrons. The van der Waals surface area contributed by atoms with Gasteiger partial charge < -0.3 is 20.6 Å². The van der Waals surface area contributed by atoms with Gasteiger partial charge in [0.2, 0.25) is 5.91 Å². The fourth-order valence-electron chi connectivity index (χ4n) is 6.62. The number of aliphatic imine (C=N–C) groups is 1. The van der Waals surface area contributed by atoms with Crippen LogP contribution in [0.1, 0.15) is 69.2 Å². The van der Waals surface area contributed by atoms with Crippen molar-refractivity contribution in [2.75, 3.05) is 17.2 Å².